The van der Waals surface area contributed by atoms with Crippen molar-refractivity contribution in [3.8, 4) is 5.75 Å². The molecule has 2 N–H and O–H groups in total. The third-order valence-corrected chi connectivity index (χ3v) is 9.96. The Bertz CT molecular complexity index is 1610. The summed E-state index contributed by atoms with van der Waals surface area (Å²) in [6, 6.07) is 33.4. The Hall–Kier alpha value is -3.99. The molecule has 2 heterocycles. The lowest BCUT2D eigenvalue weighted by Crippen LogP contribution is -2.48. The molecular formula is C42H54N4O5. The van der Waals surface area contributed by atoms with Crippen LogP contribution in [-0.2, 0) is 27.4 Å². The summed E-state index contributed by atoms with van der Waals surface area (Å²) in [4.78, 5) is 17.6. The summed E-state index contributed by atoms with van der Waals surface area (Å²) in [6.07, 6.45) is 1.26. The summed E-state index contributed by atoms with van der Waals surface area (Å²) in [7, 11) is 2.16. The lowest BCUT2D eigenvalue weighted by Gasteiger charge is -2.38. The Labute approximate surface area is 303 Å². The van der Waals surface area contributed by atoms with Crippen molar-refractivity contribution >= 4 is 16.9 Å². The summed E-state index contributed by atoms with van der Waals surface area (Å²) in [6.45, 7) is 10.0. The summed E-state index contributed by atoms with van der Waals surface area (Å²) in [5, 5.41) is 8.94. The highest BCUT2D eigenvalue weighted by Gasteiger charge is 2.36. The molecular weight excluding hydrogens is 640 g/mol. The van der Waals surface area contributed by atoms with Crippen molar-refractivity contribution < 1.29 is 23.7 Å². The Morgan fingerprint density at radius 2 is 1.59 bits per heavy atom. The Morgan fingerprint density at radius 3 is 2.41 bits per heavy atom. The lowest BCUT2D eigenvalue weighted by atomic mass is 9.79. The van der Waals surface area contributed by atoms with Crippen molar-refractivity contribution in [1.82, 2.24) is 20.4 Å². The molecule has 0 radical (unpaired) electrons. The van der Waals surface area contributed by atoms with Crippen LogP contribution in [-0.4, -0.2) is 101 Å². The van der Waals surface area contributed by atoms with Gasteiger partial charge in [-0.3, -0.25) is 0 Å². The van der Waals surface area contributed by atoms with Gasteiger partial charge in [0.25, 0.3) is 0 Å². The molecule has 4 aromatic rings. The Kier molecular flexibility index (Phi) is 14.1. The van der Waals surface area contributed by atoms with Crippen LogP contribution in [0.4, 0.5) is 4.79 Å². The molecule has 0 aliphatic carbocycles. The van der Waals surface area contributed by atoms with Crippen molar-refractivity contribution in [3.05, 3.63) is 114 Å². The van der Waals surface area contributed by atoms with Crippen LogP contribution < -0.4 is 15.4 Å². The van der Waals surface area contributed by atoms with Gasteiger partial charge in [-0.05, 0) is 65.7 Å². The normalized spacial score (nSPS) is 19.9. The maximum absolute atomic E-state index is 12.8. The number of nitrogens with one attached hydrogen (secondary N) is 2. The molecule has 0 bridgehead atoms. The first-order valence-electron chi connectivity index (χ1n) is 18.6. The molecule has 2 saturated heterocycles. The number of amides is 1. The van der Waals surface area contributed by atoms with Crippen LogP contribution in [0.3, 0.4) is 0 Å². The molecule has 0 aromatic heterocycles. The summed E-state index contributed by atoms with van der Waals surface area (Å²) >= 11 is 0. The van der Waals surface area contributed by atoms with E-state index in [1.807, 2.05) is 30.3 Å². The van der Waals surface area contributed by atoms with Gasteiger partial charge in [-0.1, -0.05) is 78.9 Å². The highest BCUT2D eigenvalue weighted by Crippen LogP contribution is 2.34. The van der Waals surface area contributed by atoms with E-state index in [9.17, 15) is 4.79 Å². The van der Waals surface area contributed by atoms with E-state index in [0.717, 1.165) is 69.0 Å². The number of piperidine rings is 1. The predicted molar refractivity (Wildman–Crippen MR) is 202 cm³/mol. The maximum Gasteiger partial charge on any atom is 0.407 e. The molecule has 9 heteroatoms. The first-order valence-corrected chi connectivity index (χ1v) is 18.6. The summed E-state index contributed by atoms with van der Waals surface area (Å²) in [5.41, 5.74) is 3.46. The molecule has 0 spiro atoms. The number of carbonyl (C=O) groups is 1. The molecule has 4 aromatic carbocycles. The van der Waals surface area contributed by atoms with Crippen LogP contribution >= 0.6 is 0 Å². The molecule has 2 fully saturated rings. The molecule has 6 rings (SSSR count). The van der Waals surface area contributed by atoms with Crippen LogP contribution in [0.2, 0.25) is 0 Å². The van der Waals surface area contributed by atoms with Gasteiger partial charge in [0.1, 0.15) is 5.75 Å². The first kappa shape index (κ1) is 36.8. The molecule has 9 nitrogen and oxygen atoms in total. The third kappa shape index (κ3) is 11.5. The molecule has 2 aliphatic heterocycles. The number of hydrogen-bond acceptors (Lipinski definition) is 8. The topological polar surface area (TPSA) is 84.5 Å². The lowest BCUT2D eigenvalue weighted by molar-refractivity contribution is -0.0169. The van der Waals surface area contributed by atoms with Crippen molar-refractivity contribution in [1.29, 1.82) is 0 Å². The number of fused-ring (bicyclic) bond motifs is 1. The number of likely N-dealkylation sites (N-methyl/N-ethyl adjacent to an activating group) is 1. The minimum atomic E-state index is -0.358. The largest absolute Gasteiger partial charge is 0.494 e. The van der Waals surface area contributed by atoms with Gasteiger partial charge in [-0.15, -0.1) is 0 Å². The predicted octanol–water partition coefficient (Wildman–Crippen LogP) is 6.08. The number of hydrogen-bond donors (Lipinski definition) is 2. The van der Waals surface area contributed by atoms with Gasteiger partial charge in [0.2, 0.25) is 0 Å². The highest BCUT2D eigenvalue weighted by molar-refractivity contribution is 5.82. The van der Waals surface area contributed by atoms with Gasteiger partial charge in [-0.25, -0.2) is 4.79 Å². The van der Waals surface area contributed by atoms with Gasteiger partial charge in [0, 0.05) is 64.1 Å². The molecule has 51 heavy (non-hydrogen) atoms. The second-order valence-electron chi connectivity index (χ2n) is 13.8. The van der Waals surface area contributed by atoms with Crippen molar-refractivity contribution in [3.63, 3.8) is 0 Å². The van der Waals surface area contributed by atoms with Crippen molar-refractivity contribution in [2.75, 3.05) is 79.2 Å². The number of ether oxygens (including phenoxy) is 4. The van der Waals surface area contributed by atoms with Gasteiger partial charge >= 0.3 is 6.09 Å². The third-order valence-electron chi connectivity index (χ3n) is 9.96. The van der Waals surface area contributed by atoms with Crippen molar-refractivity contribution in [2.24, 2.45) is 5.92 Å². The number of carbonyl (C=O) groups excluding carboxylic acids is 1. The van der Waals surface area contributed by atoms with E-state index in [1.54, 1.807) is 0 Å². The van der Waals surface area contributed by atoms with Crippen molar-refractivity contribution in [2.45, 2.75) is 38.1 Å². The van der Waals surface area contributed by atoms with Crippen LogP contribution in [0.15, 0.2) is 97.1 Å². The molecule has 2 aliphatic rings. The number of piperazine rings is 1. The second kappa shape index (κ2) is 19.6. The quantitative estimate of drug-likeness (QED) is 0.129. The highest BCUT2D eigenvalue weighted by atomic mass is 16.5. The molecule has 0 unspecified atom stereocenters. The fourth-order valence-electron chi connectivity index (χ4n) is 7.01. The van der Waals surface area contributed by atoms with E-state index in [1.165, 1.54) is 16.3 Å². The van der Waals surface area contributed by atoms with Gasteiger partial charge in [-0.2, -0.15) is 0 Å². The van der Waals surface area contributed by atoms with E-state index in [4.69, 9.17) is 18.9 Å². The zero-order valence-electron chi connectivity index (χ0n) is 30.0. The number of rotatable bonds is 17. The van der Waals surface area contributed by atoms with E-state index >= 15 is 0 Å². The Morgan fingerprint density at radius 1 is 0.804 bits per heavy atom. The zero-order valence-corrected chi connectivity index (χ0v) is 30.0. The first-order chi connectivity index (χ1) is 25.1. The molecule has 3 atom stereocenters. The molecule has 272 valence electrons. The van der Waals surface area contributed by atoms with E-state index in [0.29, 0.717) is 46.1 Å². The zero-order chi connectivity index (χ0) is 35.1. The fraction of sp³-hybridized carbons (Fsp3) is 0.452. The van der Waals surface area contributed by atoms with E-state index in [-0.39, 0.29) is 24.0 Å². The Balaban J connectivity index is 1.02. The maximum atomic E-state index is 12.8. The standard InChI is InChI=1S/C42H54N4O5/c1-45-21-23-46(24-22-45)20-7-19-44-42(47)51-32-38-28-43-29-40(50-31-34-13-14-35-11-5-6-12-37(35)27-34)41(38)36-15-17-39(18-16-36)49-26-8-25-48-30-33-9-3-2-4-10-33/h2-6,9-18,27,38,40-41,43H,7-8,19-26,28-32H2,1H3,(H,44,47)/t38-,40-,41+/m0/s1. The summed E-state index contributed by atoms with van der Waals surface area (Å²) in [5.74, 6) is 0.912. The molecule has 1 amide bonds. The average molecular weight is 695 g/mol. The minimum Gasteiger partial charge on any atom is -0.494 e. The second-order valence-corrected chi connectivity index (χ2v) is 13.8. The number of alkyl carbamates (subject to hydrolysis) is 1. The van der Waals surface area contributed by atoms with Crippen LogP contribution in [0.25, 0.3) is 10.8 Å². The monoisotopic (exact) mass is 694 g/mol. The van der Waals surface area contributed by atoms with Gasteiger partial charge < -0.3 is 39.4 Å². The summed E-state index contributed by atoms with van der Waals surface area (Å²) < 4.78 is 24.4. The van der Waals surface area contributed by atoms with Gasteiger partial charge in [0.05, 0.1) is 39.1 Å². The number of nitrogens with zero attached hydrogens (tertiary/aromatic N) is 2. The minimum absolute atomic E-state index is 0.0391. The number of benzene rings is 4. The SMILES string of the molecule is CN1CCN(CCCNC(=O)OC[C@@H]2CNC[C@H](OCc3ccc4ccccc4c3)[C@@H]2c2ccc(OCCCOCc3ccccc3)cc2)CC1. The average Bonchev–Trinajstić information content (AvgIpc) is 3.17. The fourth-order valence-corrected chi connectivity index (χ4v) is 7.01. The van der Waals surface area contributed by atoms with Crippen LogP contribution in [0, 0.1) is 5.92 Å². The van der Waals surface area contributed by atoms with E-state index in [2.05, 4.69) is 94.2 Å². The van der Waals surface area contributed by atoms with Crippen LogP contribution in [0.5, 0.6) is 5.75 Å². The van der Waals surface area contributed by atoms with Crippen LogP contribution in [0.1, 0.15) is 35.4 Å². The van der Waals surface area contributed by atoms with E-state index < -0.39 is 0 Å². The smallest absolute Gasteiger partial charge is 0.407 e. The molecule has 0 saturated carbocycles. The van der Waals surface area contributed by atoms with Gasteiger partial charge in [0.15, 0.2) is 0 Å².